The maximum atomic E-state index is 5.76. The highest BCUT2D eigenvalue weighted by atomic mass is 32.2. The van der Waals surface area contributed by atoms with Gasteiger partial charge in [-0.25, -0.2) is 0 Å². The molecule has 1 aromatic carbocycles. The van der Waals surface area contributed by atoms with E-state index < -0.39 is 0 Å². The standard InChI is InChI=1S/C17H24N2OS/c1-11(2)12(3)21-16-19-18-15(20-16)13-7-9-14(10-8-13)17(4,5)6/h7-12H,1-6H3/t12-/m0/s1. The van der Waals surface area contributed by atoms with Crippen LogP contribution in [0.2, 0.25) is 0 Å². The van der Waals surface area contributed by atoms with Crippen molar-refractivity contribution in [3.8, 4) is 11.5 Å². The Morgan fingerprint density at radius 1 is 1.00 bits per heavy atom. The zero-order valence-electron chi connectivity index (χ0n) is 13.7. The maximum absolute atomic E-state index is 5.76. The molecule has 0 bridgehead atoms. The minimum absolute atomic E-state index is 0.154. The highest BCUT2D eigenvalue weighted by molar-refractivity contribution is 7.99. The number of benzene rings is 1. The molecule has 21 heavy (non-hydrogen) atoms. The third-order valence-corrected chi connectivity index (χ3v) is 4.91. The molecule has 0 aliphatic carbocycles. The van der Waals surface area contributed by atoms with E-state index in [9.17, 15) is 0 Å². The molecule has 0 radical (unpaired) electrons. The Balaban J connectivity index is 2.14. The van der Waals surface area contributed by atoms with E-state index in [-0.39, 0.29) is 5.41 Å². The number of nitrogens with zero attached hydrogens (tertiary/aromatic N) is 2. The molecule has 4 heteroatoms. The summed E-state index contributed by atoms with van der Waals surface area (Å²) in [6.45, 7) is 13.2. The van der Waals surface area contributed by atoms with Gasteiger partial charge < -0.3 is 4.42 Å². The second kappa shape index (κ2) is 6.22. The quantitative estimate of drug-likeness (QED) is 0.730. The van der Waals surface area contributed by atoms with E-state index in [0.717, 1.165) is 5.56 Å². The van der Waals surface area contributed by atoms with E-state index >= 15 is 0 Å². The molecule has 0 saturated heterocycles. The van der Waals surface area contributed by atoms with E-state index in [1.165, 1.54) is 5.56 Å². The molecule has 1 heterocycles. The fourth-order valence-electron chi connectivity index (χ4n) is 1.78. The van der Waals surface area contributed by atoms with Crippen molar-refractivity contribution in [1.29, 1.82) is 0 Å². The van der Waals surface area contributed by atoms with Crippen LogP contribution in [0.5, 0.6) is 0 Å². The lowest BCUT2D eigenvalue weighted by atomic mass is 9.87. The summed E-state index contributed by atoms with van der Waals surface area (Å²) in [6.07, 6.45) is 0. The monoisotopic (exact) mass is 304 g/mol. The van der Waals surface area contributed by atoms with E-state index in [4.69, 9.17) is 4.42 Å². The number of hydrogen-bond acceptors (Lipinski definition) is 4. The lowest BCUT2D eigenvalue weighted by Crippen LogP contribution is -2.10. The van der Waals surface area contributed by atoms with Gasteiger partial charge in [0, 0.05) is 10.8 Å². The van der Waals surface area contributed by atoms with Crippen LogP contribution in [0.4, 0.5) is 0 Å². The van der Waals surface area contributed by atoms with Crippen LogP contribution >= 0.6 is 11.8 Å². The summed E-state index contributed by atoms with van der Waals surface area (Å²) in [4.78, 5) is 0. The minimum Gasteiger partial charge on any atom is -0.411 e. The third kappa shape index (κ3) is 4.10. The van der Waals surface area contributed by atoms with E-state index in [2.05, 4.69) is 76.0 Å². The Hall–Kier alpha value is -1.29. The fourth-order valence-corrected chi connectivity index (χ4v) is 2.59. The smallest absolute Gasteiger partial charge is 0.277 e. The van der Waals surface area contributed by atoms with Crippen LogP contribution in [-0.4, -0.2) is 15.4 Å². The summed E-state index contributed by atoms with van der Waals surface area (Å²) >= 11 is 1.63. The zero-order chi connectivity index (χ0) is 15.6. The van der Waals surface area contributed by atoms with Gasteiger partial charge in [0.2, 0.25) is 5.89 Å². The molecule has 2 aromatic rings. The Morgan fingerprint density at radius 3 is 2.14 bits per heavy atom. The first-order valence-electron chi connectivity index (χ1n) is 7.38. The van der Waals surface area contributed by atoms with E-state index in [0.29, 0.717) is 22.3 Å². The summed E-state index contributed by atoms with van der Waals surface area (Å²) in [5, 5.41) is 9.39. The van der Waals surface area contributed by atoms with Crippen molar-refractivity contribution in [3.05, 3.63) is 29.8 Å². The molecular formula is C17H24N2OS. The SMILES string of the molecule is CC(C)[C@H](C)Sc1nnc(-c2ccc(C(C)(C)C)cc2)o1. The topological polar surface area (TPSA) is 38.9 Å². The predicted molar refractivity (Wildman–Crippen MR) is 88.6 cm³/mol. The van der Waals surface area contributed by atoms with Crippen molar-refractivity contribution in [2.24, 2.45) is 5.92 Å². The molecule has 0 amide bonds. The van der Waals surface area contributed by atoms with Gasteiger partial charge >= 0.3 is 0 Å². The van der Waals surface area contributed by atoms with Gasteiger partial charge in [-0.2, -0.15) is 0 Å². The molecule has 0 aliphatic heterocycles. The van der Waals surface area contributed by atoms with Crippen molar-refractivity contribution < 1.29 is 4.42 Å². The van der Waals surface area contributed by atoms with Crippen LogP contribution in [-0.2, 0) is 5.41 Å². The molecule has 0 unspecified atom stereocenters. The van der Waals surface area contributed by atoms with Crippen LogP contribution in [0.1, 0.15) is 47.1 Å². The molecule has 1 aromatic heterocycles. The van der Waals surface area contributed by atoms with Crippen LogP contribution in [0.15, 0.2) is 33.9 Å². The summed E-state index contributed by atoms with van der Waals surface area (Å²) in [5.74, 6) is 1.17. The second-order valence-electron chi connectivity index (χ2n) is 6.77. The summed E-state index contributed by atoms with van der Waals surface area (Å²) in [7, 11) is 0. The molecule has 0 N–H and O–H groups in total. The van der Waals surface area contributed by atoms with Gasteiger partial charge in [-0.05, 0) is 29.0 Å². The first kappa shape index (κ1) is 16.1. The fraction of sp³-hybridized carbons (Fsp3) is 0.529. The average molecular weight is 304 g/mol. The van der Waals surface area contributed by atoms with Gasteiger partial charge in [-0.1, -0.05) is 65.4 Å². The lowest BCUT2D eigenvalue weighted by Gasteiger charge is -2.18. The second-order valence-corrected chi connectivity index (χ2v) is 8.10. The number of rotatable bonds is 4. The molecule has 1 atom stereocenters. The molecule has 114 valence electrons. The Morgan fingerprint density at radius 2 is 1.62 bits per heavy atom. The van der Waals surface area contributed by atoms with Crippen LogP contribution in [0.3, 0.4) is 0 Å². The Kier molecular flexibility index (Phi) is 4.77. The Labute approximate surface area is 131 Å². The third-order valence-electron chi connectivity index (χ3n) is 3.63. The Bertz CT molecular complexity index is 582. The highest BCUT2D eigenvalue weighted by Gasteiger charge is 2.16. The van der Waals surface area contributed by atoms with E-state index in [1.54, 1.807) is 11.8 Å². The molecule has 0 spiro atoms. The van der Waals surface area contributed by atoms with E-state index in [1.807, 2.05) is 0 Å². The maximum Gasteiger partial charge on any atom is 0.277 e. The molecule has 2 rings (SSSR count). The van der Waals surface area contributed by atoms with Gasteiger partial charge in [0.05, 0.1) is 0 Å². The zero-order valence-corrected chi connectivity index (χ0v) is 14.5. The van der Waals surface area contributed by atoms with Crippen molar-refractivity contribution in [1.82, 2.24) is 10.2 Å². The number of hydrogen-bond donors (Lipinski definition) is 0. The molecule has 0 aliphatic rings. The van der Waals surface area contributed by atoms with Crippen molar-refractivity contribution in [2.45, 2.75) is 57.4 Å². The summed E-state index contributed by atoms with van der Waals surface area (Å²) in [5.41, 5.74) is 2.43. The van der Waals surface area contributed by atoms with Gasteiger partial charge in [-0.15, -0.1) is 10.2 Å². The van der Waals surface area contributed by atoms with Gasteiger partial charge in [0.15, 0.2) is 0 Å². The summed E-state index contributed by atoms with van der Waals surface area (Å²) < 4.78 is 5.76. The van der Waals surface area contributed by atoms with Crippen molar-refractivity contribution in [2.75, 3.05) is 0 Å². The first-order valence-corrected chi connectivity index (χ1v) is 8.26. The molecule has 3 nitrogen and oxygen atoms in total. The average Bonchev–Trinajstić information content (AvgIpc) is 2.86. The highest BCUT2D eigenvalue weighted by Crippen LogP contribution is 2.30. The van der Waals surface area contributed by atoms with Gasteiger partial charge in [0.25, 0.3) is 5.22 Å². The molecular weight excluding hydrogens is 280 g/mol. The number of thioether (sulfide) groups is 1. The summed E-state index contributed by atoms with van der Waals surface area (Å²) in [6, 6.07) is 8.36. The normalized spacial score (nSPS) is 13.7. The lowest BCUT2D eigenvalue weighted by molar-refractivity contribution is 0.462. The molecule has 0 fully saturated rings. The predicted octanol–water partition coefficient (Wildman–Crippen LogP) is 5.17. The van der Waals surface area contributed by atoms with Gasteiger partial charge in [0.1, 0.15) is 0 Å². The minimum atomic E-state index is 0.154. The van der Waals surface area contributed by atoms with Crippen LogP contribution in [0, 0.1) is 5.92 Å². The van der Waals surface area contributed by atoms with Crippen molar-refractivity contribution >= 4 is 11.8 Å². The molecule has 0 saturated carbocycles. The first-order chi connectivity index (χ1) is 9.77. The van der Waals surface area contributed by atoms with Crippen LogP contribution in [0.25, 0.3) is 11.5 Å². The number of aromatic nitrogens is 2. The van der Waals surface area contributed by atoms with Gasteiger partial charge in [-0.3, -0.25) is 0 Å². The van der Waals surface area contributed by atoms with Crippen LogP contribution < -0.4 is 0 Å². The van der Waals surface area contributed by atoms with Crippen molar-refractivity contribution in [3.63, 3.8) is 0 Å². The largest absolute Gasteiger partial charge is 0.411 e.